The minimum Gasteiger partial charge on any atom is -0.267 e. The lowest BCUT2D eigenvalue weighted by molar-refractivity contribution is 0.100. The average molecular weight is 281 g/mol. The van der Waals surface area contributed by atoms with E-state index in [1.54, 1.807) is 18.2 Å². The molecule has 20 heavy (non-hydrogen) atoms. The maximum atomic E-state index is 11.8. The molecule has 1 unspecified atom stereocenters. The minimum absolute atomic E-state index is 0.282. The van der Waals surface area contributed by atoms with Crippen molar-refractivity contribution in [1.29, 1.82) is 5.26 Å². The van der Waals surface area contributed by atoms with Crippen LogP contribution < -0.4 is 0 Å². The highest BCUT2D eigenvalue weighted by Crippen LogP contribution is 2.31. The summed E-state index contributed by atoms with van der Waals surface area (Å²) in [6.45, 7) is 0. The molecule has 1 atom stereocenters. The Kier molecular flexibility index (Phi) is 3.09. The number of benzene rings is 2. The SMILES string of the molecule is N#Cc1cccc(-c2ccc3c(c2)C(=O)N=CC3Cl)c1. The largest absolute Gasteiger partial charge is 0.277 e. The highest BCUT2D eigenvalue weighted by molar-refractivity contribution is 6.30. The van der Waals surface area contributed by atoms with Crippen LogP contribution in [0, 0.1) is 11.3 Å². The molecule has 96 valence electrons. The van der Waals surface area contributed by atoms with Crippen LogP contribution in [-0.2, 0) is 0 Å². The third-order valence-electron chi connectivity index (χ3n) is 3.23. The van der Waals surface area contributed by atoms with Gasteiger partial charge in [-0.1, -0.05) is 24.3 Å². The first kappa shape index (κ1) is 12.6. The summed E-state index contributed by atoms with van der Waals surface area (Å²) in [4.78, 5) is 15.6. The van der Waals surface area contributed by atoms with Gasteiger partial charge in [-0.15, -0.1) is 11.6 Å². The molecule has 1 aliphatic heterocycles. The summed E-state index contributed by atoms with van der Waals surface area (Å²) in [5, 5.41) is 8.56. The third-order valence-corrected chi connectivity index (χ3v) is 3.58. The molecule has 0 N–H and O–H groups in total. The number of amides is 1. The highest BCUT2D eigenvalue weighted by atomic mass is 35.5. The van der Waals surface area contributed by atoms with Crippen molar-refractivity contribution in [3.63, 3.8) is 0 Å². The predicted octanol–water partition coefficient (Wildman–Crippen LogP) is 3.73. The Balaban J connectivity index is 2.12. The summed E-state index contributed by atoms with van der Waals surface area (Å²) in [5.74, 6) is -0.282. The molecule has 3 nitrogen and oxygen atoms in total. The van der Waals surface area contributed by atoms with Gasteiger partial charge in [0.2, 0.25) is 0 Å². The van der Waals surface area contributed by atoms with E-state index in [-0.39, 0.29) is 11.3 Å². The Morgan fingerprint density at radius 2 is 1.95 bits per heavy atom. The number of hydrogen-bond donors (Lipinski definition) is 0. The van der Waals surface area contributed by atoms with Gasteiger partial charge >= 0.3 is 0 Å². The van der Waals surface area contributed by atoms with Crippen molar-refractivity contribution >= 4 is 23.7 Å². The number of rotatable bonds is 1. The summed E-state index contributed by atoms with van der Waals surface area (Å²) >= 11 is 6.11. The minimum atomic E-state index is -0.373. The van der Waals surface area contributed by atoms with Gasteiger partial charge in [-0.25, -0.2) is 4.99 Å². The van der Waals surface area contributed by atoms with Crippen molar-refractivity contribution in [2.45, 2.75) is 5.38 Å². The number of nitrogens with zero attached hydrogens (tertiary/aromatic N) is 2. The standard InChI is InChI=1S/C16H9ClN2O/c17-15-9-19-16(20)14-7-12(4-5-13(14)15)11-3-1-2-10(6-11)8-18/h1-7,9,15H. The van der Waals surface area contributed by atoms with E-state index in [1.165, 1.54) is 6.21 Å². The van der Waals surface area contributed by atoms with Crippen LogP contribution >= 0.6 is 11.6 Å². The van der Waals surface area contributed by atoms with Crippen LogP contribution in [0.25, 0.3) is 11.1 Å². The van der Waals surface area contributed by atoms with E-state index >= 15 is 0 Å². The van der Waals surface area contributed by atoms with Gasteiger partial charge in [0.1, 0.15) is 0 Å². The van der Waals surface area contributed by atoms with Gasteiger partial charge in [-0.3, -0.25) is 4.79 Å². The number of carbonyl (C=O) groups excluding carboxylic acids is 1. The topological polar surface area (TPSA) is 53.2 Å². The van der Waals surface area contributed by atoms with Crippen molar-refractivity contribution in [3.8, 4) is 17.2 Å². The first-order valence-corrected chi connectivity index (χ1v) is 6.50. The van der Waals surface area contributed by atoms with Crippen LogP contribution in [0.4, 0.5) is 0 Å². The summed E-state index contributed by atoms with van der Waals surface area (Å²) in [6.07, 6.45) is 1.45. The lowest BCUT2D eigenvalue weighted by Crippen LogP contribution is -2.10. The molecular weight excluding hydrogens is 272 g/mol. The molecule has 0 bridgehead atoms. The monoisotopic (exact) mass is 280 g/mol. The van der Waals surface area contributed by atoms with Crippen molar-refractivity contribution in [2.75, 3.05) is 0 Å². The molecule has 1 amide bonds. The Morgan fingerprint density at radius 1 is 1.15 bits per heavy atom. The summed E-state index contributed by atoms with van der Waals surface area (Å²) in [6, 6.07) is 14.9. The third kappa shape index (κ3) is 2.11. The fourth-order valence-corrected chi connectivity index (χ4v) is 2.46. The zero-order valence-corrected chi connectivity index (χ0v) is 11.1. The highest BCUT2D eigenvalue weighted by Gasteiger charge is 2.21. The molecule has 1 aliphatic rings. The molecule has 3 rings (SSSR count). The van der Waals surface area contributed by atoms with E-state index in [0.717, 1.165) is 16.7 Å². The fourth-order valence-electron chi connectivity index (χ4n) is 2.21. The molecule has 0 radical (unpaired) electrons. The molecule has 0 aliphatic carbocycles. The molecule has 2 aromatic carbocycles. The van der Waals surface area contributed by atoms with Gasteiger partial charge in [0, 0.05) is 11.8 Å². The molecule has 0 spiro atoms. The molecule has 0 saturated carbocycles. The van der Waals surface area contributed by atoms with Crippen LogP contribution in [0.15, 0.2) is 47.5 Å². The number of aliphatic imine (C=N–C) groups is 1. The zero-order chi connectivity index (χ0) is 14.1. The lowest BCUT2D eigenvalue weighted by atomic mass is 9.95. The molecular formula is C16H9ClN2O. The first-order valence-electron chi connectivity index (χ1n) is 6.06. The summed E-state index contributed by atoms with van der Waals surface area (Å²) < 4.78 is 0. The van der Waals surface area contributed by atoms with Gasteiger partial charge in [-0.2, -0.15) is 5.26 Å². The van der Waals surface area contributed by atoms with Crippen LogP contribution in [0.1, 0.15) is 26.9 Å². The number of carbonyl (C=O) groups is 1. The average Bonchev–Trinajstić information content (AvgIpc) is 2.51. The second kappa shape index (κ2) is 4.92. The van der Waals surface area contributed by atoms with E-state index in [1.807, 2.05) is 24.3 Å². The quantitative estimate of drug-likeness (QED) is 0.747. The number of fused-ring (bicyclic) bond motifs is 1. The Labute approximate surface area is 121 Å². The van der Waals surface area contributed by atoms with E-state index in [9.17, 15) is 4.79 Å². The second-order valence-electron chi connectivity index (χ2n) is 4.48. The van der Waals surface area contributed by atoms with Crippen molar-refractivity contribution in [2.24, 2.45) is 4.99 Å². The molecule has 2 aromatic rings. The smallest absolute Gasteiger partial charge is 0.267 e. The van der Waals surface area contributed by atoms with Crippen LogP contribution in [0.5, 0.6) is 0 Å². The molecule has 4 heteroatoms. The predicted molar refractivity (Wildman–Crippen MR) is 78.0 cm³/mol. The van der Waals surface area contributed by atoms with E-state index in [0.29, 0.717) is 11.1 Å². The van der Waals surface area contributed by atoms with Crippen molar-refractivity contribution < 1.29 is 4.79 Å². The maximum absolute atomic E-state index is 11.8. The number of nitriles is 1. The van der Waals surface area contributed by atoms with Crippen molar-refractivity contribution in [1.82, 2.24) is 0 Å². The Hall–Kier alpha value is -2.44. The van der Waals surface area contributed by atoms with Gasteiger partial charge in [-0.05, 0) is 34.9 Å². The van der Waals surface area contributed by atoms with Gasteiger partial charge in [0.15, 0.2) is 0 Å². The molecule has 1 heterocycles. The summed E-state index contributed by atoms with van der Waals surface area (Å²) in [5.41, 5.74) is 3.63. The van der Waals surface area contributed by atoms with E-state index in [4.69, 9.17) is 16.9 Å². The van der Waals surface area contributed by atoms with Gasteiger partial charge in [0.05, 0.1) is 17.0 Å². The zero-order valence-electron chi connectivity index (χ0n) is 10.4. The summed E-state index contributed by atoms with van der Waals surface area (Å²) in [7, 11) is 0. The first-order chi connectivity index (χ1) is 9.69. The number of halogens is 1. The molecule has 0 saturated heterocycles. The number of alkyl halides is 1. The lowest BCUT2D eigenvalue weighted by Gasteiger charge is -2.15. The van der Waals surface area contributed by atoms with E-state index < -0.39 is 0 Å². The van der Waals surface area contributed by atoms with Crippen LogP contribution in [-0.4, -0.2) is 12.1 Å². The normalized spacial score (nSPS) is 16.6. The van der Waals surface area contributed by atoms with Crippen LogP contribution in [0.2, 0.25) is 0 Å². The Bertz CT molecular complexity index is 774. The Morgan fingerprint density at radius 3 is 2.75 bits per heavy atom. The van der Waals surface area contributed by atoms with Gasteiger partial charge < -0.3 is 0 Å². The number of hydrogen-bond acceptors (Lipinski definition) is 2. The second-order valence-corrected chi connectivity index (χ2v) is 4.95. The molecule has 0 fully saturated rings. The maximum Gasteiger partial charge on any atom is 0.277 e. The van der Waals surface area contributed by atoms with Gasteiger partial charge in [0.25, 0.3) is 5.91 Å². The molecule has 0 aromatic heterocycles. The van der Waals surface area contributed by atoms with E-state index in [2.05, 4.69) is 11.1 Å². The van der Waals surface area contributed by atoms with Crippen molar-refractivity contribution in [3.05, 3.63) is 59.2 Å². The van der Waals surface area contributed by atoms with Crippen LogP contribution in [0.3, 0.4) is 0 Å². The fraction of sp³-hybridized carbons (Fsp3) is 0.0625.